The molecule has 0 unspecified atom stereocenters. The maximum absolute atomic E-state index is 14.4. The minimum absolute atomic E-state index is 0.0407. The summed E-state index contributed by atoms with van der Waals surface area (Å²) in [5, 5.41) is 7.51. The molecule has 3 rings (SSSR count). The average molecular weight is 525 g/mol. The molecule has 1 atom stereocenters. The van der Waals surface area contributed by atoms with Crippen LogP contribution in [0.4, 0.5) is 17.6 Å². The summed E-state index contributed by atoms with van der Waals surface area (Å²) in [5.41, 5.74) is 1.11. The van der Waals surface area contributed by atoms with Crippen molar-refractivity contribution in [2.24, 2.45) is 5.14 Å². The fourth-order valence-electron chi connectivity index (χ4n) is 3.47. The number of nitrogens with one attached hydrogen (secondary N) is 2. The molecular weight excluding hydrogens is 500 g/mol. The van der Waals surface area contributed by atoms with Crippen molar-refractivity contribution < 1.29 is 30.8 Å². The number of aromatic nitrogens is 1. The van der Waals surface area contributed by atoms with E-state index in [4.69, 9.17) is 5.14 Å². The summed E-state index contributed by atoms with van der Waals surface area (Å²) in [6.07, 6.45) is -4.63. The second-order valence-electron chi connectivity index (χ2n) is 8.23. The van der Waals surface area contributed by atoms with Crippen LogP contribution in [0.15, 0.2) is 54.6 Å². The van der Waals surface area contributed by atoms with Crippen LogP contribution in [0, 0.1) is 12.7 Å². The van der Waals surface area contributed by atoms with Crippen LogP contribution in [0.1, 0.15) is 40.8 Å². The maximum atomic E-state index is 14.4. The number of pyridine rings is 1. The summed E-state index contributed by atoms with van der Waals surface area (Å²) in [6.45, 7) is 2.89. The van der Waals surface area contributed by atoms with Gasteiger partial charge in [0.2, 0.25) is 5.91 Å². The smallest absolute Gasteiger partial charge is 0.351 e. The molecule has 1 amide bonds. The van der Waals surface area contributed by atoms with Crippen LogP contribution < -0.4 is 15.2 Å². The Morgan fingerprint density at radius 3 is 2.36 bits per heavy atom. The molecule has 2 aromatic carbocycles. The van der Waals surface area contributed by atoms with Gasteiger partial charge in [-0.05, 0) is 43.2 Å². The summed E-state index contributed by atoms with van der Waals surface area (Å²) in [4.78, 5) is 16.6. The molecule has 0 bridgehead atoms. The van der Waals surface area contributed by atoms with Crippen LogP contribution in [0.2, 0.25) is 0 Å². The summed E-state index contributed by atoms with van der Waals surface area (Å²) in [6, 6.07) is 12.9. The molecule has 0 aliphatic rings. The van der Waals surface area contributed by atoms with Crippen LogP contribution in [-0.4, -0.2) is 19.3 Å². The number of hydrogen-bond donors (Lipinski definition) is 3. The SMILES string of the molecule is Cc1cccc(-c2nc(C(F)(F)F)ccc2CNC(=O)[C@H](C)c2ccc(CNS(N)(=O)=O)c(F)c2)c1. The van der Waals surface area contributed by atoms with E-state index in [1.807, 2.05) is 4.72 Å². The van der Waals surface area contributed by atoms with Gasteiger partial charge in [0.15, 0.2) is 0 Å². The van der Waals surface area contributed by atoms with Crippen molar-refractivity contribution in [2.75, 3.05) is 0 Å². The van der Waals surface area contributed by atoms with E-state index in [-0.39, 0.29) is 24.3 Å². The van der Waals surface area contributed by atoms with Crippen molar-refractivity contribution in [1.82, 2.24) is 15.0 Å². The van der Waals surface area contributed by atoms with Crippen LogP contribution in [0.3, 0.4) is 0 Å². The third kappa shape index (κ3) is 7.09. The minimum atomic E-state index is -4.63. The highest BCUT2D eigenvalue weighted by atomic mass is 32.2. The number of nitrogens with zero attached hydrogens (tertiary/aromatic N) is 1. The lowest BCUT2D eigenvalue weighted by atomic mass is 9.98. The molecule has 0 fully saturated rings. The third-order valence-electron chi connectivity index (χ3n) is 5.45. The number of aryl methyl sites for hydroxylation is 1. The van der Waals surface area contributed by atoms with Crippen LogP contribution in [0.25, 0.3) is 11.3 Å². The van der Waals surface area contributed by atoms with Crippen molar-refractivity contribution in [1.29, 1.82) is 0 Å². The number of halogens is 4. The molecule has 0 saturated carbocycles. The number of alkyl halides is 3. The summed E-state index contributed by atoms with van der Waals surface area (Å²) >= 11 is 0. The van der Waals surface area contributed by atoms with E-state index in [0.717, 1.165) is 17.7 Å². The van der Waals surface area contributed by atoms with Gasteiger partial charge < -0.3 is 5.32 Å². The fraction of sp³-hybridized carbons (Fsp3) is 0.250. The third-order valence-corrected chi connectivity index (χ3v) is 5.99. The molecule has 192 valence electrons. The van der Waals surface area contributed by atoms with Crippen molar-refractivity contribution in [3.8, 4) is 11.3 Å². The molecule has 1 aromatic heterocycles. The lowest BCUT2D eigenvalue weighted by Gasteiger charge is -2.16. The summed E-state index contributed by atoms with van der Waals surface area (Å²) in [7, 11) is -4.00. The Hall–Kier alpha value is -3.35. The van der Waals surface area contributed by atoms with Crippen molar-refractivity contribution >= 4 is 16.1 Å². The Kier molecular flexibility index (Phi) is 8.12. The second-order valence-corrected chi connectivity index (χ2v) is 9.61. The highest BCUT2D eigenvalue weighted by molar-refractivity contribution is 7.87. The first-order chi connectivity index (χ1) is 16.7. The van der Waals surface area contributed by atoms with Gasteiger partial charge in [-0.2, -0.15) is 26.3 Å². The van der Waals surface area contributed by atoms with Gasteiger partial charge >= 0.3 is 6.18 Å². The summed E-state index contributed by atoms with van der Waals surface area (Å²) < 4.78 is 78.2. The number of carbonyl (C=O) groups is 1. The maximum Gasteiger partial charge on any atom is 0.433 e. The van der Waals surface area contributed by atoms with Crippen LogP contribution in [-0.2, 0) is 34.3 Å². The number of amides is 1. The van der Waals surface area contributed by atoms with Gasteiger partial charge in [0.25, 0.3) is 10.2 Å². The van der Waals surface area contributed by atoms with Gasteiger partial charge in [-0.3, -0.25) is 4.79 Å². The predicted octanol–water partition coefficient (Wildman–Crippen LogP) is 3.93. The Balaban J connectivity index is 1.78. The zero-order chi connectivity index (χ0) is 26.7. The molecule has 0 spiro atoms. The Bertz CT molecular complexity index is 1380. The standard InChI is InChI=1S/C24H24F4N4O3S/c1-14-4-3-5-17(10-14)22-19(8-9-21(32-22)24(26,27)28)12-30-23(33)15(2)16-6-7-18(20(25)11-16)13-31-36(29,34)35/h3-11,15,31H,12-13H2,1-2H3,(H,30,33)(H2,29,34,35)/t15-/m1/s1. The molecule has 0 saturated heterocycles. The normalized spacial score (nSPS) is 12.9. The number of benzene rings is 2. The van der Waals surface area contributed by atoms with Crippen LogP contribution in [0.5, 0.6) is 0 Å². The van der Waals surface area contributed by atoms with Gasteiger partial charge in [-0.25, -0.2) is 14.5 Å². The van der Waals surface area contributed by atoms with Crippen molar-refractivity contribution in [3.05, 3.63) is 88.4 Å². The zero-order valence-corrected chi connectivity index (χ0v) is 20.2. The van der Waals surface area contributed by atoms with E-state index < -0.39 is 39.7 Å². The van der Waals surface area contributed by atoms with Crippen LogP contribution >= 0.6 is 0 Å². The number of nitrogens with two attached hydrogens (primary N) is 1. The summed E-state index contributed by atoms with van der Waals surface area (Å²) in [5.74, 6) is -2.01. The first kappa shape index (κ1) is 27.2. The largest absolute Gasteiger partial charge is 0.433 e. The molecule has 12 heteroatoms. The quantitative estimate of drug-likeness (QED) is 0.388. The molecule has 0 radical (unpaired) electrons. The first-order valence-electron chi connectivity index (χ1n) is 10.7. The lowest BCUT2D eigenvalue weighted by molar-refractivity contribution is -0.141. The first-order valence-corrected chi connectivity index (χ1v) is 12.3. The molecule has 0 aliphatic heterocycles. The Labute approximate surface area is 205 Å². The van der Waals surface area contributed by atoms with E-state index in [9.17, 15) is 30.8 Å². The average Bonchev–Trinajstić information content (AvgIpc) is 2.80. The van der Waals surface area contributed by atoms with Gasteiger partial charge in [-0.15, -0.1) is 0 Å². The van der Waals surface area contributed by atoms with Gasteiger partial charge in [0.05, 0.1) is 11.6 Å². The highest BCUT2D eigenvalue weighted by Gasteiger charge is 2.33. The van der Waals surface area contributed by atoms with Gasteiger partial charge in [-0.1, -0.05) is 42.0 Å². The number of rotatable bonds is 8. The lowest BCUT2D eigenvalue weighted by Crippen LogP contribution is -2.30. The number of hydrogen-bond acceptors (Lipinski definition) is 4. The Morgan fingerprint density at radius 1 is 1.06 bits per heavy atom. The molecule has 1 heterocycles. The monoisotopic (exact) mass is 524 g/mol. The van der Waals surface area contributed by atoms with Gasteiger partial charge in [0, 0.05) is 24.2 Å². The topological polar surface area (TPSA) is 114 Å². The Morgan fingerprint density at radius 2 is 1.75 bits per heavy atom. The zero-order valence-electron chi connectivity index (χ0n) is 19.4. The van der Waals surface area contributed by atoms with E-state index in [0.29, 0.717) is 16.7 Å². The van der Waals surface area contributed by atoms with E-state index in [1.54, 1.807) is 38.1 Å². The second kappa shape index (κ2) is 10.7. The van der Waals surface area contributed by atoms with E-state index in [2.05, 4.69) is 10.3 Å². The predicted molar refractivity (Wildman–Crippen MR) is 126 cm³/mol. The molecule has 0 aliphatic carbocycles. The van der Waals surface area contributed by atoms with E-state index >= 15 is 0 Å². The molecule has 4 N–H and O–H groups in total. The highest BCUT2D eigenvalue weighted by Crippen LogP contribution is 2.31. The van der Waals surface area contributed by atoms with Gasteiger partial charge in [0.1, 0.15) is 11.5 Å². The van der Waals surface area contributed by atoms with Crippen molar-refractivity contribution in [2.45, 2.75) is 39.0 Å². The van der Waals surface area contributed by atoms with E-state index in [1.165, 1.54) is 18.2 Å². The number of carbonyl (C=O) groups excluding carboxylic acids is 1. The van der Waals surface area contributed by atoms with Crippen molar-refractivity contribution in [3.63, 3.8) is 0 Å². The minimum Gasteiger partial charge on any atom is -0.351 e. The molecule has 7 nitrogen and oxygen atoms in total. The molecular formula is C24H24F4N4O3S. The molecule has 3 aromatic rings. The molecule has 36 heavy (non-hydrogen) atoms. The fourth-order valence-corrected chi connectivity index (χ4v) is 3.83.